The second kappa shape index (κ2) is 3.84. The highest BCUT2D eigenvalue weighted by Gasteiger charge is 2.15. The first-order chi connectivity index (χ1) is 6.77. The zero-order valence-corrected chi connectivity index (χ0v) is 8.48. The third-order valence-corrected chi connectivity index (χ3v) is 2.68. The monoisotopic (exact) mass is 192 g/mol. The van der Waals surface area contributed by atoms with Gasteiger partial charge in [-0.2, -0.15) is 0 Å². The number of anilines is 2. The maximum atomic E-state index is 5.89. The van der Waals surface area contributed by atoms with Crippen molar-refractivity contribution in [3.8, 4) is 0 Å². The average Bonchev–Trinajstić information content (AvgIpc) is 2.20. The lowest BCUT2D eigenvalue weighted by atomic mass is 10.2. The standard InChI is InChI=1S/C10H16N4/c1-13-4-6-14(7-5-13)10-8-12-3-2-9(10)11/h2-3,8H,4-7H2,1H3,(H2,11,12). The highest BCUT2D eigenvalue weighted by atomic mass is 15.3. The van der Waals surface area contributed by atoms with E-state index in [-0.39, 0.29) is 0 Å². The minimum Gasteiger partial charge on any atom is -0.397 e. The average molecular weight is 192 g/mol. The molecule has 0 amide bonds. The van der Waals surface area contributed by atoms with Crippen LogP contribution in [0.2, 0.25) is 0 Å². The lowest BCUT2D eigenvalue weighted by Gasteiger charge is -2.34. The molecule has 0 unspecified atom stereocenters. The fourth-order valence-electron chi connectivity index (χ4n) is 1.71. The second-order valence-electron chi connectivity index (χ2n) is 3.72. The molecule has 1 aliphatic heterocycles. The van der Waals surface area contributed by atoms with E-state index in [1.165, 1.54) is 0 Å². The van der Waals surface area contributed by atoms with Gasteiger partial charge in [-0.25, -0.2) is 0 Å². The van der Waals surface area contributed by atoms with Gasteiger partial charge in [0, 0.05) is 32.4 Å². The molecule has 0 aromatic carbocycles. The number of nitrogens with zero attached hydrogens (tertiary/aromatic N) is 3. The molecule has 0 aliphatic carbocycles. The fraction of sp³-hybridized carbons (Fsp3) is 0.500. The highest BCUT2D eigenvalue weighted by molar-refractivity contribution is 5.65. The maximum absolute atomic E-state index is 5.89. The van der Waals surface area contributed by atoms with Crippen molar-refractivity contribution in [3.05, 3.63) is 18.5 Å². The molecule has 0 spiro atoms. The fourth-order valence-corrected chi connectivity index (χ4v) is 1.71. The van der Waals surface area contributed by atoms with Crippen molar-refractivity contribution < 1.29 is 0 Å². The van der Waals surface area contributed by atoms with E-state index in [1.807, 2.05) is 12.3 Å². The van der Waals surface area contributed by atoms with Crippen molar-refractivity contribution in [2.75, 3.05) is 43.9 Å². The number of piperazine rings is 1. The summed E-state index contributed by atoms with van der Waals surface area (Å²) in [5.74, 6) is 0. The summed E-state index contributed by atoms with van der Waals surface area (Å²) in [6.45, 7) is 4.25. The Morgan fingerprint density at radius 2 is 2.00 bits per heavy atom. The van der Waals surface area contributed by atoms with Crippen molar-refractivity contribution >= 4 is 11.4 Å². The molecule has 76 valence electrons. The summed E-state index contributed by atoms with van der Waals surface area (Å²) in [5, 5.41) is 0. The summed E-state index contributed by atoms with van der Waals surface area (Å²) in [6.07, 6.45) is 3.58. The lowest BCUT2D eigenvalue weighted by molar-refractivity contribution is 0.313. The van der Waals surface area contributed by atoms with Crippen LogP contribution in [0.3, 0.4) is 0 Å². The quantitative estimate of drug-likeness (QED) is 0.700. The first-order valence-corrected chi connectivity index (χ1v) is 4.90. The van der Waals surface area contributed by atoms with Crippen LogP contribution < -0.4 is 10.6 Å². The first-order valence-electron chi connectivity index (χ1n) is 4.90. The molecule has 4 nitrogen and oxygen atoms in total. The Morgan fingerprint density at radius 1 is 1.29 bits per heavy atom. The summed E-state index contributed by atoms with van der Waals surface area (Å²) in [5.41, 5.74) is 7.78. The number of likely N-dealkylation sites (N-methyl/N-ethyl adjacent to an activating group) is 1. The zero-order valence-electron chi connectivity index (χ0n) is 8.48. The smallest absolute Gasteiger partial charge is 0.0787 e. The number of pyridine rings is 1. The number of hydrogen-bond acceptors (Lipinski definition) is 4. The molecule has 1 aromatic heterocycles. The van der Waals surface area contributed by atoms with Crippen LogP contribution in [-0.4, -0.2) is 43.1 Å². The summed E-state index contributed by atoms with van der Waals surface area (Å²) in [4.78, 5) is 8.72. The van der Waals surface area contributed by atoms with Crippen molar-refractivity contribution in [2.24, 2.45) is 0 Å². The van der Waals surface area contributed by atoms with Crippen LogP contribution in [0.4, 0.5) is 11.4 Å². The van der Waals surface area contributed by atoms with Gasteiger partial charge in [0.25, 0.3) is 0 Å². The van der Waals surface area contributed by atoms with E-state index in [2.05, 4.69) is 21.8 Å². The van der Waals surface area contributed by atoms with Gasteiger partial charge in [0.1, 0.15) is 0 Å². The van der Waals surface area contributed by atoms with Gasteiger partial charge >= 0.3 is 0 Å². The van der Waals surface area contributed by atoms with E-state index < -0.39 is 0 Å². The Morgan fingerprint density at radius 3 is 2.64 bits per heavy atom. The summed E-state index contributed by atoms with van der Waals surface area (Å²) >= 11 is 0. The van der Waals surface area contributed by atoms with Gasteiger partial charge in [0.05, 0.1) is 17.6 Å². The second-order valence-corrected chi connectivity index (χ2v) is 3.72. The largest absolute Gasteiger partial charge is 0.397 e. The molecule has 0 bridgehead atoms. The van der Waals surface area contributed by atoms with Crippen LogP contribution in [0, 0.1) is 0 Å². The van der Waals surface area contributed by atoms with Crippen molar-refractivity contribution in [1.82, 2.24) is 9.88 Å². The molecule has 1 fully saturated rings. The molecule has 14 heavy (non-hydrogen) atoms. The molecule has 1 aromatic rings. The first kappa shape index (κ1) is 9.27. The summed E-state index contributed by atoms with van der Waals surface area (Å²) in [6, 6.07) is 1.85. The number of nitrogen functional groups attached to an aromatic ring is 1. The number of rotatable bonds is 1. The molecule has 2 rings (SSSR count). The maximum Gasteiger partial charge on any atom is 0.0787 e. The normalized spacial score (nSPS) is 18.5. The highest BCUT2D eigenvalue weighted by Crippen LogP contribution is 2.21. The van der Waals surface area contributed by atoms with E-state index in [1.54, 1.807) is 6.20 Å². The molecule has 4 heteroatoms. The van der Waals surface area contributed by atoms with E-state index in [0.717, 1.165) is 37.6 Å². The minimum absolute atomic E-state index is 0.824. The van der Waals surface area contributed by atoms with Gasteiger partial charge < -0.3 is 15.5 Å². The molecule has 1 saturated heterocycles. The van der Waals surface area contributed by atoms with Crippen molar-refractivity contribution in [1.29, 1.82) is 0 Å². The van der Waals surface area contributed by atoms with Crippen LogP contribution in [0.1, 0.15) is 0 Å². The van der Waals surface area contributed by atoms with Gasteiger partial charge in [0.2, 0.25) is 0 Å². The molecular formula is C10H16N4. The van der Waals surface area contributed by atoms with Gasteiger partial charge in [-0.3, -0.25) is 4.98 Å². The van der Waals surface area contributed by atoms with Crippen LogP contribution >= 0.6 is 0 Å². The van der Waals surface area contributed by atoms with Crippen LogP contribution in [0.25, 0.3) is 0 Å². The molecule has 0 radical (unpaired) electrons. The lowest BCUT2D eigenvalue weighted by Crippen LogP contribution is -2.44. The third-order valence-electron chi connectivity index (χ3n) is 2.68. The Bertz CT molecular complexity index is 305. The van der Waals surface area contributed by atoms with Gasteiger partial charge in [-0.15, -0.1) is 0 Å². The Balaban J connectivity index is 2.12. The minimum atomic E-state index is 0.824. The number of nitrogens with two attached hydrogens (primary N) is 1. The van der Waals surface area contributed by atoms with Crippen LogP contribution in [0.5, 0.6) is 0 Å². The Hall–Kier alpha value is -1.29. The van der Waals surface area contributed by atoms with E-state index in [4.69, 9.17) is 5.73 Å². The van der Waals surface area contributed by atoms with Crippen molar-refractivity contribution in [2.45, 2.75) is 0 Å². The number of aromatic nitrogens is 1. The Labute approximate surface area is 84.3 Å². The molecule has 2 N–H and O–H groups in total. The molecule has 1 aliphatic rings. The number of hydrogen-bond donors (Lipinski definition) is 1. The SMILES string of the molecule is CN1CCN(c2cnccc2N)CC1. The van der Waals surface area contributed by atoms with E-state index in [0.29, 0.717) is 0 Å². The molecule has 2 heterocycles. The van der Waals surface area contributed by atoms with Crippen LogP contribution in [0.15, 0.2) is 18.5 Å². The predicted molar refractivity (Wildman–Crippen MR) is 58.4 cm³/mol. The Kier molecular flexibility index (Phi) is 2.54. The van der Waals surface area contributed by atoms with E-state index in [9.17, 15) is 0 Å². The van der Waals surface area contributed by atoms with Crippen LogP contribution in [-0.2, 0) is 0 Å². The third kappa shape index (κ3) is 1.80. The molecular weight excluding hydrogens is 176 g/mol. The molecule has 0 atom stereocenters. The van der Waals surface area contributed by atoms with E-state index >= 15 is 0 Å². The topological polar surface area (TPSA) is 45.4 Å². The molecule has 0 saturated carbocycles. The predicted octanol–water partition coefficient (Wildman–Crippen LogP) is 0.416. The summed E-state index contributed by atoms with van der Waals surface area (Å²) < 4.78 is 0. The van der Waals surface area contributed by atoms with Gasteiger partial charge in [0.15, 0.2) is 0 Å². The summed E-state index contributed by atoms with van der Waals surface area (Å²) in [7, 11) is 2.14. The van der Waals surface area contributed by atoms with Crippen molar-refractivity contribution in [3.63, 3.8) is 0 Å². The van der Waals surface area contributed by atoms with Gasteiger partial charge in [-0.05, 0) is 13.1 Å². The van der Waals surface area contributed by atoms with Gasteiger partial charge in [-0.1, -0.05) is 0 Å². The zero-order chi connectivity index (χ0) is 9.97.